The maximum Gasteiger partial charge on any atom is 0.416 e. The molecule has 0 unspecified atom stereocenters. The molecule has 0 radical (unpaired) electrons. The molecule has 19 heavy (non-hydrogen) atoms. The summed E-state index contributed by atoms with van der Waals surface area (Å²) in [6.07, 6.45) is -0.971. The Kier molecular flexibility index (Phi) is 3.56. The van der Waals surface area contributed by atoms with Crippen molar-refractivity contribution in [3.63, 3.8) is 0 Å². The van der Waals surface area contributed by atoms with E-state index in [9.17, 15) is 9.90 Å². The number of rotatable bonds is 2. The highest BCUT2D eigenvalue weighted by molar-refractivity contribution is 5.96. The van der Waals surface area contributed by atoms with E-state index in [4.69, 9.17) is 0 Å². The van der Waals surface area contributed by atoms with E-state index in [1.165, 1.54) is 4.90 Å². The fraction of sp³-hybridized carbons (Fsp3) is 0.188. The molecule has 2 rings (SSSR count). The van der Waals surface area contributed by atoms with Crippen molar-refractivity contribution in [2.24, 2.45) is 0 Å². The first-order chi connectivity index (χ1) is 9.00. The van der Waals surface area contributed by atoms with Crippen LogP contribution < -0.4 is 4.90 Å². The standard InChI is InChI=1S/C16H17NO2/c1-11-9-12(2)15(13(3)10-11)17(16(18)19)14-7-5-4-6-8-14/h4-10H,1-3H3,(H,18,19). The van der Waals surface area contributed by atoms with Gasteiger partial charge in [-0.1, -0.05) is 35.9 Å². The van der Waals surface area contributed by atoms with Crippen LogP contribution in [0.25, 0.3) is 0 Å². The highest BCUT2D eigenvalue weighted by atomic mass is 16.4. The van der Waals surface area contributed by atoms with Crippen LogP contribution in [0.1, 0.15) is 16.7 Å². The summed E-state index contributed by atoms with van der Waals surface area (Å²) in [5.41, 5.74) is 4.46. The van der Waals surface area contributed by atoms with Crippen molar-refractivity contribution in [1.82, 2.24) is 0 Å². The average Bonchev–Trinajstić information content (AvgIpc) is 2.34. The van der Waals surface area contributed by atoms with E-state index in [-0.39, 0.29) is 0 Å². The molecule has 0 aliphatic heterocycles. The summed E-state index contributed by atoms with van der Waals surface area (Å²) in [5.74, 6) is 0. The van der Waals surface area contributed by atoms with Gasteiger partial charge in [0.2, 0.25) is 0 Å². The van der Waals surface area contributed by atoms with Crippen molar-refractivity contribution < 1.29 is 9.90 Å². The first kappa shape index (κ1) is 13.1. The molecule has 0 saturated heterocycles. The number of carboxylic acid groups (broad SMARTS) is 1. The van der Waals surface area contributed by atoms with Crippen molar-refractivity contribution in [2.45, 2.75) is 20.8 Å². The van der Waals surface area contributed by atoms with Crippen molar-refractivity contribution in [3.8, 4) is 0 Å². The van der Waals surface area contributed by atoms with Gasteiger partial charge in [0.05, 0.1) is 11.4 Å². The predicted octanol–water partition coefficient (Wildman–Crippen LogP) is 4.43. The summed E-state index contributed by atoms with van der Waals surface area (Å²) >= 11 is 0. The van der Waals surface area contributed by atoms with Gasteiger partial charge in [0.1, 0.15) is 0 Å². The summed E-state index contributed by atoms with van der Waals surface area (Å²) in [5, 5.41) is 9.52. The normalized spacial score (nSPS) is 10.3. The Morgan fingerprint density at radius 3 is 2.00 bits per heavy atom. The number of hydrogen-bond donors (Lipinski definition) is 1. The molecule has 3 nitrogen and oxygen atoms in total. The number of nitrogens with zero attached hydrogens (tertiary/aromatic N) is 1. The predicted molar refractivity (Wildman–Crippen MR) is 77.3 cm³/mol. The lowest BCUT2D eigenvalue weighted by atomic mass is 10.0. The van der Waals surface area contributed by atoms with Crippen LogP contribution in [0.15, 0.2) is 42.5 Å². The third-order valence-electron chi connectivity index (χ3n) is 3.06. The van der Waals surface area contributed by atoms with Gasteiger partial charge < -0.3 is 5.11 Å². The molecule has 1 N–H and O–H groups in total. The number of amides is 1. The highest BCUT2D eigenvalue weighted by Crippen LogP contribution is 2.32. The zero-order chi connectivity index (χ0) is 14.0. The van der Waals surface area contributed by atoms with Gasteiger partial charge in [0.25, 0.3) is 0 Å². The molecule has 2 aromatic rings. The molecule has 3 heteroatoms. The van der Waals surface area contributed by atoms with E-state index in [1.807, 2.05) is 51.1 Å². The van der Waals surface area contributed by atoms with Crippen molar-refractivity contribution in [2.75, 3.05) is 4.90 Å². The Hall–Kier alpha value is -2.29. The zero-order valence-corrected chi connectivity index (χ0v) is 11.3. The van der Waals surface area contributed by atoms with Crippen LogP contribution in [0.3, 0.4) is 0 Å². The summed E-state index contributed by atoms with van der Waals surface area (Å²) < 4.78 is 0. The molecule has 0 fully saturated rings. The van der Waals surface area contributed by atoms with Crippen molar-refractivity contribution in [1.29, 1.82) is 0 Å². The van der Waals surface area contributed by atoms with Gasteiger partial charge >= 0.3 is 6.09 Å². The smallest absolute Gasteiger partial charge is 0.416 e. The summed E-state index contributed by atoms with van der Waals surface area (Å²) in [6, 6.07) is 13.1. The minimum Gasteiger partial charge on any atom is -0.464 e. The molecule has 0 saturated carbocycles. The fourth-order valence-electron chi connectivity index (χ4n) is 2.44. The summed E-state index contributed by atoms with van der Waals surface area (Å²) in [7, 11) is 0. The summed E-state index contributed by atoms with van der Waals surface area (Å²) in [4.78, 5) is 13.0. The van der Waals surface area contributed by atoms with Crippen LogP contribution in [-0.2, 0) is 0 Å². The van der Waals surface area contributed by atoms with Crippen LogP contribution in [0, 0.1) is 20.8 Å². The van der Waals surface area contributed by atoms with E-state index in [0.717, 1.165) is 22.4 Å². The lowest BCUT2D eigenvalue weighted by Crippen LogP contribution is -2.25. The number of hydrogen-bond acceptors (Lipinski definition) is 1. The molecule has 0 aliphatic carbocycles. The van der Waals surface area contributed by atoms with Gasteiger partial charge in [0, 0.05) is 0 Å². The van der Waals surface area contributed by atoms with Gasteiger partial charge in [-0.25, -0.2) is 9.69 Å². The van der Waals surface area contributed by atoms with Crippen molar-refractivity contribution in [3.05, 3.63) is 59.2 Å². The number of para-hydroxylation sites is 1. The van der Waals surface area contributed by atoms with E-state index in [1.54, 1.807) is 12.1 Å². The molecule has 0 atom stereocenters. The maximum atomic E-state index is 11.6. The molecular weight excluding hydrogens is 238 g/mol. The van der Waals surface area contributed by atoms with Gasteiger partial charge in [-0.05, 0) is 44.0 Å². The van der Waals surface area contributed by atoms with E-state index < -0.39 is 6.09 Å². The Labute approximate surface area is 113 Å². The minimum absolute atomic E-state index is 0.657. The Bertz CT molecular complexity index is 582. The SMILES string of the molecule is Cc1cc(C)c(N(C(=O)O)c2ccccc2)c(C)c1. The zero-order valence-electron chi connectivity index (χ0n) is 11.3. The van der Waals surface area contributed by atoms with Crippen LogP contribution >= 0.6 is 0 Å². The Morgan fingerprint density at radius 2 is 1.53 bits per heavy atom. The Balaban J connectivity index is 2.62. The fourth-order valence-corrected chi connectivity index (χ4v) is 2.44. The van der Waals surface area contributed by atoms with Crippen LogP contribution in [0.4, 0.5) is 16.2 Å². The number of carbonyl (C=O) groups is 1. The number of aryl methyl sites for hydroxylation is 3. The third-order valence-corrected chi connectivity index (χ3v) is 3.06. The molecule has 2 aromatic carbocycles. The number of anilines is 2. The van der Waals surface area contributed by atoms with Crippen LogP contribution in [0.2, 0.25) is 0 Å². The third kappa shape index (κ3) is 2.60. The van der Waals surface area contributed by atoms with Crippen molar-refractivity contribution >= 4 is 17.5 Å². The molecular formula is C16H17NO2. The average molecular weight is 255 g/mol. The van der Waals surface area contributed by atoms with Gasteiger partial charge in [-0.15, -0.1) is 0 Å². The molecule has 0 aliphatic rings. The number of benzene rings is 2. The Morgan fingerprint density at radius 1 is 1.00 bits per heavy atom. The first-order valence-corrected chi connectivity index (χ1v) is 6.16. The second-order valence-corrected chi connectivity index (χ2v) is 4.70. The lowest BCUT2D eigenvalue weighted by molar-refractivity contribution is 0.204. The highest BCUT2D eigenvalue weighted by Gasteiger charge is 2.20. The van der Waals surface area contributed by atoms with Gasteiger partial charge in [-0.2, -0.15) is 0 Å². The van der Waals surface area contributed by atoms with Gasteiger partial charge in [-0.3, -0.25) is 0 Å². The molecule has 0 aromatic heterocycles. The molecule has 0 heterocycles. The van der Waals surface area contributed by atoms with E-state index >= 15 is 0 Å². The molecule has 0 spiro atoms. The monoisotopic (exact) mass is 255 g/mol. The van der Waals surface area contributed by atoms with Crippen LogP contribution in [0.5, 0.6) is 0 Å². The largest absolute Gasteiger partial charge is 0.464 e. The van der Waals surface area contributed by atoms with E-state index in [0.29, 0.717) is 5.69 Å². The minimum atomic E-state index is -0.971. The van der Waals surface area contributed by atoms with Crippen LogP contribution in [-0.4, -0.2) is 11.2 Å². The molecule has 98 valence electrons. The first-order valence-electron chi connectivity index (χ1n) is 6.16. The molecule has 1 amide bonds. The topological polar surface area (TPSA) is 40.5 Å². The second-order valence-electron chi connectivity index (χ2n) is 4.70. The summed E-state index contributed by atoms with van der Waals surface area (Å²) in [6.45, 7) is 5.89. The quantitative estimate of drug-likeness (QED) is 0.862. The lowest BCUT2D eigenvalue weighted by Gasteiger charge is -2.24. The molecule has 0 bridgehead atoms. The maximum absolute atomic E-state index is 11.6. The van der Waals surface area contributed by atoms with Gasteiger partial charge in [0.15, 0.2) is 0 Å². The second kappa shape index (κ2) is 5.14. The van der Waals surface area contributed by atoms with E-state index in [2.05, 4.69) is 0 Å².